The molecule has 0 atom stereocenters. The fraction of sp³-hybridized carbons (Fsp3) is 0.455. The maximum atomic E-state index is 11.2. The summed E-state index contributed by atoms with van der Waals surface area (Å²) in [7, 11) is 1.62. The molecule has 0 aliphatic heterocycles. The second-order valence-corrected chi connectivity index (χ2v) is 5.00. The zero-order chi connectivity index (χ0) is 11.1. The molecule has 0 unspecified atom stereocenters. The maximum absolute atomic E-state index is 11.2. The fourth-order valence-electron chi connectivity index (χ4n) is 2.30. The van der Waals surface area contributed by atoms with Crippen LogP contribution >= 0.6 is 11.3 Å². The first-order valence-electron chi connectivity index (χ1n) is 5.31. The van der Waals surface area contributed by atoms with Crippen molar-refractivity contribution in [3.05, 3.63) is 22.0 Å². The van der Waals surface area contributed by atoms with Crippen LogP contribution in [0.3, 0.4) is 0 Å². The third-order valence-corrected chi connectivity index (χ3v) is 4.12. The van der Waals surface area contributed by atoms with Gasteiger partial charge < -0.3 is 4.74 Å². The molecule has 2 aromatic rings. The van der Waals surface area contributed by atoms with E-state index in [1.54, 1.807) is 18.4 Å². The standard InChI is InChI=1S/C11H12N2O2S/c1-15-6-7-9(5-14)13-8-3-2-4-10(8)16-11(13)12-7/h5H,2-4,6H2,1H3. The number of fused-ring (bicyclic) bond motifs is 3. The van der Waals surface area contributed by atoms with Crippen molar-refractivity contribution >= 4 is 22.6 Å². The SMILES string of the molecule is COCc1nc2sc3c(n2c1C=O)CCC3. The van der Waals surface area contributed by atoms with E-state index in [9.17, 15) is 4.79 Å². The number of nitrogens with zero attached hydrogens (tertiary/aromatic N) is 2. The van der Waals surface area contributed by atoms with Crippen molar-refractivity contribution in [2.24, 2.45) is 0 Å². The number of thiazole rings is 1. The summed E-state index contributed by atoms with van der Waals surface area (Å²) in [6.45, 7) is 0.400. The number of aldehydes is 1. The van der Waals surface area contributed by atoms with E-state index < -0.39 is 0 Å². The molecule has 4 nitrogen and oxygen atoms in total. The van der Waals surface area contributed by atoms with E-state index in [4.69, 9.17) is 4.74 Å². The predicted molar refractivity (Wildman–Crippen MR) is 61.2 cm³/mol. The Labute approximate surface area is 96.9 Å². The monoisotopic (exact) mass is 236 g/mol. The second-order valence-electron chi connectivity index (χ2n) is 3.94. The summed E-state index contributed by atoms with van der Waals surface area (Å²) in [4.78, 5) is 17.9. The molecule has 0 bridgehead atoms. The minimum atomic E-state index is 0.400. The van der Waals surface area contributed by atoms with Gasteiger partial charge in [0.2, 0.25) is 0 Å². The molecule has 0 amide bonds. The molecule has 0 saturated heterocycles. The van der Waals surface area contributed by atoms with Crippen LogP contribution in [0, 0.1) is 0 Å². The number of ether oxygens (including phenoxy) is 1. The lowest BCUT2D eigenvalue weighted by atomic mass is 10.3. The first-order chi connectivity index (χ1) is 7.85. The molecule has 2 heterocycles. The quantitative estimate of drug-likeness (QED) is 0.764. The Kier molecular flexibility index (Phi) is 2.29. The van der Waals surface area contributed by atoms with Crippen LogP contribution in [0.2, 0.25) is 0 Å². The van der Waals surface area contributed by atoms with Crippen molar-refractivity contribution in [3.63, 3.8) is 0 Å². The largest absolute Gasteiger partial charge is 0.378 e. The molecule has 0 saturated carbocycles. The van der Waals surface area contributed by atoms with E-state index in [1.165, 1.54) is 17.0 Å². The number of hydrogen-bond acceptors (Lipinski definition) is 4. The number of hydrogen-bond donors (Lipinski definition) is 0. The number of carbonyl (C=O) groups is 1. The molecule has 0 spiro atoms. The van der Waals surface area contributed by atoms with Crippen molar-refractivity contribution in [1.82, 2.24) is 9.38 Å². The van der Waals surface area contributed by atoms with Gasteiger partial charge in [0.25, 0.3) is 0 Å². The predicted octanol–water partition coefficient (Wildman–Crippen LogP) is 1.84. The zero-order valence-corrected chi connectivity index (χ0v) is 9.84. The van der Waals surface area contributed by atoms with Gasteiger partial charge in [-0.1, -0.05) is 0 Å². The van der Waals surface area contributed by atoms with Crippen molar-refractivity contribution in [2.75, 3.05) is 7.11 Å². The van der Waals surface area contributed by atoms with Crippen molar-refractivity contribution in [2.45, 2.75) is 25.9 Å². The molecule has 2 aromatic heterocycles. The lowest BCUT2D eigenvalue weighted by Gasteiger charge is -1.97. The van der Waals surface area contributed by atoms with Crippen molar-refractivity contribution in [3.8, 4) is 0 Å². The average Bonchev–Trinajstić information content (AvgIpc) is 2.88. The van der Waals surface area contributed by atoms with Gasteiger partial charge >= 0.3 is 0 Å². The Morgan fingerprint density at radius 2 is 2.44 bits per heavy atom. The maximum Gasteiger partial charge on any atom is 0.195 e. The van der Waals surface area contributed by atoms with Crippen molar-refractivity contribution in [1.29, 1.82) is 0 Å². The summed E-state index contributed by atoms with van der Waals surface area (Å²) in [6.07, 6.45) is 4.26. The highest BCUT2D eigenvalue weighted by Gasteiger charge is 2.22. The zero-order valence-electron chi connectivity index (χ0n) is 9.02. The molecule has 5 heteroatoms. The van der Waals surface area contributed by atoms with Crippen LogP contribution in [0.4, 0.5) is 0 Å². The summed E-state index contributed by atoms with van der Waals surface area (Å²) in [5, 5.41) is 0. The molecule has 0 fully saturated rings. The van der Waals surface area contributed by atoms with E-state index in [0.717, 1.165) is 29.8 Å². The van der Waals surface area contributed by atoms with Crippen LogP contribution in [0.25, 0.3) is 4.96 Å². The molecule has 0 N–H and O–H groups in total. The smallest absolute Gasteiger partial charge is 0.195 e. The Hall–Kier alpha value is -1.20. The average molecular weight is 236 g/mol. The van der Waals surface area contributed by atoms with Crippen LogP contribution in [-0.2, 0) is 24.2 Å². The number of carbonyl (C=O) groups excluding carboxylic acids is 1. The Morgan fingerprint density at radius 1 is 1.56 bits per heavy atom. The molecular weight excluding hydrogens is 224 g/mol. The molecule has 16 heavy (non-hydrogen) atoms. The summed E-state index contributed by atoms with van der Waals surface area (Å²) in [5.41, 5.74) is 2.69. The van der Waals surface area contributed by atoms with Crippen molar-refractivity contribution < 1.29 is 9.53 Å². The van der Waals surface area contributed by atoms with E-state index in [-0.39, 0.29) is 0 Å². The lowest BCUT2D eigenvalue weighted by Crippen LogP contribution is -1.98. The minimum Gasteiger partial charge on any atom is -0.378 e. The number of rotatable bonds is 3. The van der Waals surface area contributed by atoms with Gasteiger partial charge in [-0.2, -0.15) is 0 Å². The molecule has 0 radical (unpaired) electrons. The third-order valence-electron chi connectivity index (χ3n) is 2.97. The highest BCUT2D eigenvalue weighted by Crippen LogP contribution is 2.32. The van der Waals surface area contributed by atoms with Gasteiger partial charge in [0.05, 0.1) is 12.3 Å². The first-order valence-corrected chi connectivity index (χ1v) is 6.12. The Balaban J connectivity index is 2.25. The van der Waals surface area contributed by atoms with Gasteiger partial charge in [-0.05, 0) is 19.3 Å². The highest BCUT2D eigenvalue weighted by molar-refractivity contribution is 7.17. The summed E-state index contributed by atoms with van der Waals surface area (Å²) in [5.74, 6) is 0. The fourth-order valence-corrected chi connectivity index (χ4v) is 3.54. The lowest BCUT2D eigenvalue weighted by molar-refractivity contribution is 0.111. The number of aromatic nitrogens is 2. The number of imidazole rings is 1. The van der Waals surface area contributed by atoms with E-state index >= 15 is 0 Å². The normalized spacial score (nSPS) is 14.6. The number of aryl methyl sites for hydroxylation is 2. The number of methoxy groups -OCH3 is 1. The third kappa shape index (κ3) is 1.25. The minimum absolute atomic E-state index is 0.400. The van der Waals surface area contributed by atoms with Crippen LogP contribution in [-0.4, -0.2) is 22.8 Å². The molecule has 3 rings (SSSR count). The van der Waals surface area contributed by atoms with Gasteiger partial charge in [-0.25, -0.2) is 4.98 Å². The van der Waals surface area contributed by atoms with Gasteiger partial charge in [0.15, 0.2) is 11.2 Å². The Morgan fingerprint density at radius 3 is 3.19 bits per heavy atom. The molecular formula is C11H12N2O2S. The van der Waals surface area contributed by atoms with Gasteiger partial charge in [-0.3, -0.25) is 9.20 Å². The second kappa shape index (κ2) is 3.68. The Bertz CT molecular complexity index is 556. The van der Waals surface area contributed by atoms with Gasteiger partial charge in [-0.15, -0.1) is 11.3 Å². The van der Waals surface area contributed by atoms with Crippen LogP contribution in [0.5, 0.6) is 0 Å². The summed E-state index contributed by atoms with van der Waals surface area (Å²) >= 11 is 1.70. The highest BCUT2D eigenvalue weighted by atomic mass is 32.1. The van der Waals surface area contributed by atoms with E-state index in [2.05, 4.69) is 4.98 Å². The summed E-state index contributed by atoms with van der Waals surface area (Å²) in [6, 6.07) is 0. The van der Waals surface area contributed by atoms with E-state index in [1.807, 2.05) is 4.40 Å². The van der Waals surface area contributed by atoms with E-state index in [0.29, 0.717) is 12.3 Å². The first kappa shape index (κ1) is 9.99. The summed E-state index contributed by atoms with van der Waals surface area (Å²) < 4.78 is 7.07. The molecule has 1 aliphatic rings. The van der Waals surface area contributed by atoms with Crippen LogP contribution in [0.1, 0.15) is 33.2 Å². The van der Waals surface area contributed by atoms with Crippen LogP contribution < -0.4 is 0 Å². The topological polar surface area (TPSA) is 43.6 Å². The molecule has 0 aromatic carbocycles. The van der Waals surface area contributed by atoms with Gasteiger partial charge in [0.1, 0.15) is 5.69 Å². The molecule has 1 aliphatic carbocycles. The molecule has 84 valence electrons. The van der Waals surface area contributed by atoms with Gasteiger partial charge in [0, 0.05) is 17.7 Å². The van der Waals surface area contributed by atoms with Crippen LogP contribution in [0.15, 0.2) is 0 Å².